The number of nitrogens with one attached hydrogen (secondary N) is 1. The molecule has 0 aromatic rings. The molecule has 0 bridgehead atoms. The normalized spacial score (nSPS) is 23.4. The van der Waals surface area contributed by atoms with Crippen molar-refractivity contribution in [2.24, 2.45) is 5.84 Å². The minimum atomic E-state index is -0.247. The van der Waals surface area contributed by atoms with Gasteiger partial charge < -0.3 is 10.0 Å². The van der Waals surface area contributed by atoms with E-state index in [2.05, 4.69) is 10.3 Å². The van der Waals surface area contributed by atoms with Crippen LogP contribution >= 0.6 is 0 Å². The molecule has 0 spiro atoms. The van der Waals surface area contributed by atoms with Crippen LogP contribution in [0.4, 0.5) is 0 Å². The van der Waals surface area contributed by atoms with Crippen LogP contribution in [0.3, 0.4) is 0 Å². The lowest BCUT2D eigenvalue weighted by molar-refractivity contribution is -0.121. The summed E-state index contributed by atoms with van der Waals surface area (Å²) in [6.07, 6.45) is 6.81. The van der Waals surface area contributed by atoms with Gasteiger partial charge >= 0.3 is 0 Å². The first-order chi connectivity index (χ1) is 8.63. The van der Waals surface area contributed by atoms with Crippen molar-refractivity contribution in [3.05, 3.63) is 0 Å². The second-order valence-corrected chi connectivity index (χ2v) is 5.29. The molecule has 0 radical (unpaired) electrons. The molecule has 18 heavy (non-hydrogen) atoms. The van der Waals surface area contributed by atoms with E-state index in [1.54, 1.807) is 0 Å². The summed E-state index contributed by atoms with van der Waals surface area (Å²) in [5.41, 5.74) is 2.16. The molecule has 1 aliphatic heterocycles. The molecule has 1 saturated heterocycles. The fourth-order valence-electron chi connectivity index (χ4n) is 2.71. The summed E-state index contributed by atoms with van der Waals surface area (Å²) in [7, 11) is 0. The standard InChI is InChI=1S/C13H27N3O2/c1-11(17)10-12-6-3-2-4-8-16(12)9-5-7-13(18)15-14/h11-12,17H,2-10,14H2,1H3,(H,15,18). The molecule has 0 aromatic carbocycles. The molecule has 106 valence electrons. The Morgan fingerprint density at radius 1 is 1.50 bits per heavy atom. The van der Waals surface area contributed by atoms with Gasteiger partial charge in [0.1, 0.15) is 0 Å². The van der Waals surface area contributed by atoms with Gasteiger partial charge in [-0.2, -0.15) is 0 Å². The molecule has 1 fully saturated rings. The highest BCUT2D eigenvalue weighted by atomic mass is 16.3. The molecule has 5 heteroatoms. The van der Waals surface area contributed by atoms with E-state index < -0.39 is 0 Å². The predicted octanol–water partition coefficient (Wildman–Crippen LogP) is 0.772. The van der Waals surface area contributed by atoms with Crippen molar-refractivity contribution in [3.8, 4) is 0 Å². The summed E-state index contributed by atoms with van der Waals surface area (Å²) < 4.78 is 0. The minimum absolute atomic E-state index is 0.100. The number of aliphatic hydroxyl groups is 1. The molecule has 4 N–H and O–H groups in total. The Balaban J connectivity index is 2.38. The van der Waals surface area contributed by atoms with E-state index >= 15 is 0 Å². The lowest BCUT2D eigenvalue weighted by Gasteiger charge is -2.30. The summed E-state index contributed by atoms with van der Waals surface area (Å²) in [5.74, 6) is 4.96. The Bertz CT molecular complexity index is 246. The van der Waals surface area contributed by atoms with Crippen LogP contribution in [0.25, 0.3) is 0 Å². The van der Waals surface area contributed by atoms with Crippen LogP contribution in [-0.2, 0) is 4.79 Å². The lowest BCUT2D eigenvalue weighted by atomic mass is 10.0. The fourth-order valence-corrected chi connectivity index (χ4v) is 2.71. The number of carbonyl (C=O) groups is 1. The molecular formula is C13H27N3O2. The number of likely N-dealkylation sites (tertiary alicyclic amines) is 1. The average molecular weight is 257 g/mol. The summed E-state index contributed by atoms with van der Waals surface area (Å²) in [4.78, 5) is 13.5. The van der Waals surface area contributed by atoms with E-state index in [0.29, 0.717) is 12.5 Å². The van der Waals surface area contributed by atoms with Crippen molar-refractivity contribution in [1.29, 1.82) is 0 Å². The monoisotopic (exact) mass is 257 g/mol. The topological polar surface area (TPSA) is 78.6 Å². The van der Waals surface area contributed by atoms with Gasteiger partial charge in [0.15, 0.2) is 0 Å². The zero-order valence-electron chi connectivity index (χ0n) is 11.4. The van der Waals surface area contributed by atoms with Gasteiger partial charge in [0, 0.05) is 12.5 Å². The second kappa shape index (κ2) is 8.45. The second-order valence-electron chi connectivity index (χ2n) is 5.29. The van der Waals surface area contributed by atoms with Crippen molar-refractivity contribution >= 4 is 5.91 Å². The smallest absolute Gasteiger partial charge is 0.233 e. The minimum Gasteiger partial charge on any atom is -0.393 e. The molecule has 1 amide bonds. The average Bonchev–Trinajstić information content (AvgIpc) is 2.54. The Labute approximate surface area is 110 Å². The summed E-state index contributed by atoms with van der Waals surface area (Å²) in [5, 5.41) is 9.56. The van der Waals surface area contributed by atoms with Crippen molar-refractivity contribution < 1.29 is 9.90 Å². The number of nitrogens with two attached hydrogens (primary N) is 1. The van der Waals surface area contributed by atoms with Crippen molar-refractivity contribution in [3.63, 3.8) is 0 Å². The molecule has 2 atom stereocenters. The molecule has 0 aromatic heterocycles. The Morgan fingerprint density at radius 2 is 2.28 bits per heavy atom. The number of rotatable bonds is 6. The molecule has 5 nitrogen and oxygen atoms in total. The van der Waals surface area contributed by atoms with Crippen LogP contribution in [0, 0.1) is 0 Å². The summed E-state index contributed by atoms with van der Waals surface area (Å²) >= 11 is 0. The van der Waals surface area contributed by atoms with E-state index in [1.165, 1.54) is 19.3 Å². The van der Waals surface area contributed by atoms with Gasteiger partial charge in [-0.25, -0.2) is 5.84 Å². The van der Waals surface area contributed by atoms with E-state index in [4.69, 9.17) is 5.84 Å². The molecule has 0 saturated carbocycles. The van der Waals surface area contributed by atoms with Crippen LogP contribution in [0.5, 0.6) is 0 Å². The van der Waals surface area contributed by atoms with Crippen LogP contribution in [0.1, 0.15) is 51.9 Å². The molecule has 0 aliphatic carbocycles. The number of carbonyl (C=O) groups excluding carboxylic acids is 1. The van der Waals surface area contributed by atoms with Crippen LogP contribution in [0.2, 0.25) is 0 Å². The Kier molecular flexibility index (Phi) is 7.23. The van der Waals surface area contributed by atoms with Gasteiger partial charge in [0.05, 0.1) is 6.10 Å². The largest absolute Gasteiger partial charge is 0.393 e. The zero-order valence-corrected chi connectivity index (χ0v) is 11.4. The number of hydrogen-bond acceptors (Lipinski definition) is 4. The molecule has 1 heterocycles. The van der Waals surface area contributed by atoms with Gasteiger partial charge in [0.25, 0.3) is 0 Å². The first kappa shape index (κ1) is 15.4. The van der Waals surface area contributed by atoms with E-state index in [9.17, 15) is 9.90 Å². The third kappa shape index (κ3) is 5.80. The van der Waals surface area contributed by atoms with Crippen molar-refractivity contribution in [2.45, 2.75) is 64.0 Å². The van der Waals surface area contributed by atoms with E-state index in [0.717, 1.165) is 32.4 Å². The predicted molar refractivity (Wildman–Crippen MR) is 71.7 cm³/mol. The SMILES string of the molecule is CC(O)CC1CCCCCN1CCCC(=O)NN. The van der Waals surface area contributed by atoms with Crippen molar-refractivity contribution in [1.82, 2.24) is 10.3 Å². The van der Waals surface area contributed by atoms with E-state index in [-0.39, 0.29) is 12.0 Å². The molecule has 1 aliphatic rings. The van der Waals surface area contributed by atoms with Crippen LogP contribution < -0.4 is 11.3 Å². The lowest BCUT2D eigenvalue weighted by Crippen LogP contribution is -2.38. The highest BCUT2D eigenvalue weighted by Crippen LogP contribution is 2.20. The molecule has 1 rings (SSSR count). The maximum atomic E-state index is 11.1. The summed E-state index contributed by atoms with van der Waals surface area (Å²) in [6, 6.07) is 0.466. The summed E-state index contributed by atoms with van der Waals surface area (Å²) in [6.45, 7) is 3.86. The van der Waals surface area contributed by atoms with Crippen LogP contribution in [0.15, 0.2) is 0 Å². The van der Waals surface area contributed by atoms with Gasteiger partial charge in [0.2, 0.25) is 5.91 Å². The quantitative estimate of drug-likeness (QED) is 0.373. The maximum Gasteiger partial charge on any atom is 0.233 e. The molecule has 2 unspecified atom stereocenters. The van der Waals surface area contributed by atoms with Crippen LogP contribution in [-0.4, -0.2) is 41.1 Å². The third-order valence-corrected chi connectivity index (χ3v) is 3.62. The fraction of sp³-hybridized carbons (Fsp3) is 0.923. The number of hydrogen-bond donors (Lipinski definition) is 3. The number of amides is 1. The van der Waals surface area contributed by atoms with Gasteiger partial charge in [-0.15, -0.1) is 0 Å². The van der Waals surface area contributed by atoms with Crippen molar-refractivity contribution in [2.75, 3.05) is 13.1 Å². The van der Waals surface area contributed by atoms with E-state index in [1.807, 2.05) is 6.92 Å². The first-order valence-electron chi connectivity index (χ1n) is 7.05. The van der Waals surface area contributed by atoms with Gasteiger partial charge in [-0.1, -0.05) is 12.8 Å². The number of nitrogens with zero attached hydrogens (tertiary/aromatic N) is 1. The van der Waals surface area contributed by atoms with Gasteiger partial charge in [-0.3, -0.25) is 10.2 Å². The highest BCUT2D eigenvalue weighted by Gasteiger charge is 2.21. The molecular weight excluding hydrogens is 230 g/mol. The maximum absolute atomic E-state index is 11.1. The van der Waals surface area contributed by atoms with Gasteiger partial charge in [-0.05, 0) is 45.7 Å². The number of hydrazine groups is 1. The number of aliphatic hydroxyl groups excluding tert-OH is 1. The Hall–Kier alpha value is -0.650. The zero-order chi connectivity index (χ0) is 13.4. The Morgan fingerprint density at radius 3 is 2.94 bits per heavy atom. The first-order valence-corrected chi connectivity index (χ1v) is 7.05. The highest BCUT2D eigenvalue weighted by molar-refractivity contribution is 5.75. The third-order valence-electron chi connectivity index (χ3n) is 3.62.